The van der Waals surface area contributed by atoms with E-state index >= 15 is 0 Å². The summed E-state index contributed by atoms with van der Waals surface area (Å²) in [6.07, 6.45) is 9.49. The van der Waals surface area contributed by atoms with E-state index in [0.717, 1.165) is 18.3 Å². The van der Waals surface area contributed by atoms with Crippen molar-refractivity contribution in [3.63, 3.8) is 0 Å². The predicted molar refractivity (Wildman–Crippen MR) is 60.4 cm³/mol. The molecule has 1 aliphatic rings. The van der Waals surface area contributed by atoms with Gasteiger partial charge in [0.2, 0.25) is 0 Å². The Bertz CT molecular complexity index is 127. The van der Waals surface area contributed by atoms with Gasteiger partial charge in [-0.2, -0.15) is 11.8 Å². The molecule has 0 heterocycles. The van der Waals surface area contributed by atoms with Crippen molar-refractivity contribution in [2.24, 2.45) is 5.92 Å². The normalized spacial score (nSPS) is 29.1. The van der Waals surface area contributed by atoms with Crippen molar-refractivity contribution in [2.45, 2.75) is 45.1 Å². The van der Waals surface area contributed by atoms with Crippen LogP contribution in [0.3, 0.4) is 0 Å². The van der Waals surface area contributed by atoms with Gasteiger partial charge >= 0.3 is 0 Å². The Kier molecular flexibility index (Phi) is 5.88. The molecule has 0 aromatic carbocycles. The van der Waals surface area contributed by atoms with Gasteiger partial charge in [-0.1, -0.05) is 26.2 Å². The van der Waals surface area contributed by atoms with Gasteiger partial charge in [-0.05, 0) is 25.0 Å². The highest BCUT2D eigenvalue weighted by atomic mass is 32.2. The summed E-state index contributed by atoms with van der Waals surface area (Å²) in [5.41, 5.74) is 0. The van der Waals surface area contributed by atoms with E-state index in [0.29, 0.717) is 6.10 Å². The zero-order valence-corrected chi connectivity index (χ0v) is 9.74. The van der Waals surface area contributed by atoms with Crippen molar-refractivity contribution in [2.75, 3.05) is 18.6 Å². The first-order chi connectivity index (χ1) is 6.38. The standard InChI is InChI=1S/C11H22OS/c1-3-10-6-4-5-7-11(10)12-8-9-13-2/h10-11H,3-9H2,1-2H3. The maximum Gasteiger partial charge on any atom is 0.0603 e. The Morgan fingerprint density at radius 2 is 2.08 bits per heavy atom. The van der Waals surface area contributed by atoms with Crippen LogP contribution in [-0.2, 0) is 4.74 Å². The molecule has 1 saturated carbocycles. The minimum absolute atomic E-state index is 0.575. The van der Waals surface area contributed by atoms with Gasteiger partial charge in [0.25, 0.3) is 0 Å². The summed E-state index contributed by atoms with van der Waals surface area (Å²) in [4.78, 5) is 0. The Balaban J connectivity index is 2.19. The fourth-order valence-corrected chi connectivity index (χ4v) is 2.41. The lowest BCUT2D eigenvalue weighted by Gasteiger charge is -2.30. The van der Waals surface area contributed by atoms with Gasteiger partial charge in [-0.3, -0.25) is 0 Å². The van der Waals surface area contributed by atoms with Crippen LogP contribution in [0.5, 0.6) is 0 Å². The average Bonchev–Trinajstić information content (AvgIpc) is 2.19. The predicted octanol–water partition coefficient (Wildman–Crippen LogP) is 3.33. The first-order valence-electron chi connectivity index (χ1n) is 5.49. The summed E-state index contributed by atoms with van der Waals surface area (Å²) in [6, 6.07) is 0. The largest absolute Gasteiger partial charge is 0.377 e. The molecular formula is C11H22OS. The van der Waals surface area contributed by atoms with E-state index in [-0.39, 0.29) is 0 Å². The number of hydrogen-bond donors (Lipinski definition) is 0. The molecule has 0 bridgehead atoms. The molecule has 0 aliphatic heterocycles. The summed E-state index contributed by atoms with van der Waals surface area (Å²) in [7, 11) is 0. The second-order valence-electron chi connectivity index (χ2n) is 3.85. The lowest BCUT2D eigenvalue weighted by molar-refractivity contribution is -0.00393. The third-order valence-corrected chi connectivity index (χ3v) is 3.56. The minimum Gasteiger partial charge on any atom is -0.377 e. The highest BCUT2D eigenvalue weighted by molar-refractivity contribution is 7.98. The molecule has 0 saturated heterocycles. The summed E-state index contributed by atoms with van der Waals surface area (Å²) in [6.45, 7) is 3.24. The molecule has 1 fully saturated rings. The van der Waals surface area contributed by atoms with E-state index < -0.39 is 0 Å². The minimum atomic E-state index is 0.575. The maximum absolute atomic E-state index is 5.91. The van der Waals surface area contributed by atoms with Crippen LogP contribution in [0.15, 0.2) is 0 Å². The van der Waals surface area contributed by atoms with Crippen molar-refractivity contribution in [1.29, 1.82) is 0 Å². The van der Waals surface area contributed by atoms with Crippen LogP contribution in [0.25, 0.3) is 0 Å². The molecule has 1 rings (SSSR count). The number of rotatable bonds is 5. The van der Waals surface area contributed by atoms with Gasteiger partial charge in [0, 0.05) is 5.75 Å². The molecule has 2 unspecified atom stereocenters. The van der Waals surface area contributed by atoms with Crippen LogP contribution in [0, 0.1) is 5.92 Å². The van der Waals surface area contributed by atoms with Crippen molar-refractivity contribution in [3.05, 3.63) is 0 Å². The summed E-state index contributed by atoms with van der Waals surface area (Å²) < 4.78 is 5.91. The van der Waals surface area contributed by atoms with Gasteiger partial charge in [0.15, 0.2) is 0 Å². The molecule has 1 aliphatic carbocycles. The van der Waals surface area contributed by atoms with Crippen LogP contribution >= 0.6 is 11.8 Å². The molecule has 0 aromatic heterocycles. The quantitative estimate of drug-likeness (QED) is 0.632. The van der Waals surface area contributed by atoms with E-state index in [4.69, 9.17) is 4.74 Å². The fourth-order valence-electron chi connectivity index (χ4n) is 2.14. The molecule has 13 heavy (non-hydrogen) atoms. The van der Waals surface area contributed by atoms with Crippen LogP contribution in [0.4, 0.5) is 0 Å². The molecule has 0 radical (unpaired) electrons. The highest BCUT2D eigenvalue weighted by Gasteiger charge is 2.23. The smallest absolute Gasteiger partial charge is 0.0603 e. The highest BCUT2D eigenvalue weighted by Crippen LogP contribution is 2.28. The van der Waals surface area contributed by atoms with Crippen LogP contribution < -0.4 is 0 Å². The second kappa shape index (κ2) is 6.72. The van der Waals surface area contributed by atoms with Crippen molar-refractivity contribution < 1.29 is 4.74 Å². The Hall–Kier alpha value is 0.310. The van der Waals surface area contributed by atoms with Gasteiger partial charge in [0.1, 0.15) is 0 Å². The molecule has 2 heteroatoms. The lowest BCUT2D eigenvalue weighted by atomic mass is 9.85. The first kappa shape index (κ1) is 11.4. The Labute approximate surface area is 86.6 Å². The number of ether oxygens (including phenoxy) is 1. The zero-order valence-electron chi connectivity index (χ0n) is 8.92. The van der Waals surface area contributed by atoms with E-state index in [9.17, 15) is 0 Å². The summed E-state index contributed by atoms with van der Waals surface area (Å²) in [5, 5.41) is 0. The first-order valence-corrected chi connectivity index (χ1v) is 6.88. The molecule has 0 aromatic rings. The van der Waals surface area contributed by atoms with Gasteiger partial charge in [-0.15, -0.1) is 0 Å². The molecule has 0 spiro atoms. The van der Waals surface area contributed by atoms with Crippen molar-refractivity contribution in [3.8, 4) is 0 Å². The van der Waals surface area contributed by atoms with Crippen molar-refractivity contribution >= 4 is 11.8 Å². The molecule has 0 amide bonds. The molecule has 78 valence electrons. The van der Waals surface area contributed by atoms with Crippen LogP contribution in [0.2, 0.25) is 0 Å². The molecular weight excluding hydrogens is 180 g/mol. The van der Waals surface area contributed by atoms with E-state index in [1.807, 2.05) is 11.8 Å². The summed E-state index contributed by atoms with van der Waals surface area (Å²) >= 11 is 1.87. The number of hydrogen-bond acceptors (Lipinski definition) is 2. The van der Waals surface area contributed by atoms with Gasteiger partial charge in [-0.25, -0.2) is 0 Å². The monoisotopic (exact) mass is 202 g/mol. The van der Waals surface area contributed by atoms with Crippen molar-refractivity contribution in [1.82, 2.24) is 0 Å². The molecule has 2 atom stereocenters. The van der Waals surface area contributed by atoms with E-state index in [2.05, 4.69) is 13.2 Å². The third kappa shape index (κ3) is 3.90. The van der Waals surface area contributed by atoms with Gasteiger partial charge < -0.3 is 4.74 Å². The molecule has 0 N–H and O–H groups in total. The molecule has 1 nitrogen and oxygen atoms in total. The summed E-state index contributed by atoms with van der Waals surface area (Å²) in [5.74, 6) is 1.99. The lowest BCUT2D eigenvalue weighted by Crippen LogP contribution is -2.28. The van der Waals surface area contributed by atoms with Crippen LogP contribution in [0.1, 0.15) is 39.0 Å². The average molecular weight is 202 g/mol. The second-order valence-corrected chi connectivity index (χ2v) is 4.84. The topological polar surface area (TPSA) is 9.23 Å². The van der Waals surface area contributed by atoms with Crippen LogP contribution in [-0.4, -0.2) is 24.7 Å². The SMILES string of the molecule is CCC1CCCCC1OCCSC. The third-order valence-electron chi connectivity index (χ3n) is 2.98. The maximum atomic E-state index is 5.91. The van der Waals surface area contributed by atoms with E-state index in [1.54, 1.807) is 0 Å². The fraction of sp³-hybridized carbons (Fsp3) is 1.00. The Morgan fingerprint density at radius 3 is 2.77 bits per heavy atom. The van der Waals surface area contributed by atoms with E-state index in [1.165, 1.54) is 32.1 Å². The zero-order chi connectivity index (χ0) is 9.52. The number of thioether (sulfide) groups is 1. The Morgan fingerprint density at radius 1 is 1.31 bits per heavy atom. The van der Waals surface area contributed by atoms with Gasteiger partial charge in [0.05, 0.1) is 12.7 Å².